The monoisotopic (exact) mass is 344 g/mol. The summed E-state index contributed by atoms with van der Waals surface area (Å²) in [6.07, 6.45) is 0. The van der Waals surface area contributed by atoms with E-state index in [0.717, 1.165) is 0 Å². The molecule has 0 atom stereocenters. The van der Waals surface area contributed by atoms with Gasteiger partial charge in [-0.3, -0.25) is 4.79 Å². The van der Waals surface area contributed by atoms with E-state index in [1.807, 2.05) is 0 Å². The first-order chi connectivity index (χ1) is 6.00. The van der Waals surface area contributed by atoms with Crippen LogP contribution in [0, 0.1) is 0 Å². The van der Waals surface area contributed by atoms with E-state index in [2.05, 4.69) is 31.9 Å². The fraction of sp³-hybridized carbons (Fsp3) is 0.125. The fourth-order valence-electron chi connectivity index (χ4n) is 0.822. The molecule has 0 aromatic heterocycles. The molecule has 70 valence electrons. The second-order valence-electron chi connectivity index (χ2n) is 2.32. The molecule has 13 heavy (non-hydrogen) atoms. The molecule has 0 fully saturated rings. The molecule has 0 unspecified atom stereocenters. The van der Waals surface area contributed by atoms with Crippen LogP contribution in [0.2, 0.25) is 10.0 Å². The summed E-state index contributed by atoms with van der Waals surface area (Å²) in [5.74, 6) is -0.107. The Balaban J connectivity index is 3.08. The largest absolute Gasteiger partial charge is 0.292 e. The van der Waals surface area contributed by atoms with Crippen LogP contribution in [0.15, 0.2) is 18.2 Å². The molecule has 5 heteroatoms. The lowest BCUT2D eigenvalue weighted by Gasteiger charge is -2.02. The highest BCUT2D eigenvalue weighted by molar-refractivity contribution is 9.25. The molecule has 0 radical (unpaired) electrons. The van der Waals surface area contributed by atoms with Crippen molar-refractivity contribution < 1.29 is 4.79 Å². The maximum atomic E-state index is 11.4. The molecule has 0 spiro atoms. The van der Waals surface area contributed by atoms with E-state index in [0.29, 0.717) is 15.6 Å². The van der Waals surface area contributed by atoms with Crippen molar-refractivity contribution >= 4 is 60.8 Å². The van der Waals surface area contributed by atoms with Crippen molar-refractivity contribution in [3.8, 4) is 0 Å². The fourth-order valence-corrected chi connectivity index (χ4v) is 1.88. The van der Waals surface area contributed by atoms with Crippen LogP contribution < -0.4 is 0 Å². The van der Waals surface area contributed by atoms with Crippen molar-refractivity contribution in [3.63, 3.8) is 0 Å². The molecule has 0 saturated carbocycles. The number of carbonyl (C=O) groups is 1. The van der Waals surface area contributed by atoms with Crippen molar-refractivity contribution in [2.24, 2.45) is 0 Å². The number of hydrogen-bond acceptors (Lipinski definition) is 1. The number of ketones is 1. The molecule has 1 rings (SSSR count). The van der Waals surface area contributed by atoms with Crippen LogP contribution in [0.25, 0.3) is 0 Å². The lowest BCUT2D eigenvalue weighted by atomic mass is 10.1. The van der Waals surface area contributed by atoms with Gasteiger partial charge < -0.3 is 0 Å². The number of benzene rings is 1. The summed E-state index contributed by atoms with van der Waals surface area (Å²) in [4.78, 5) is 11.4. The van der Waals surface area contributed by atoms with Gasteiger partial charge in [0.05, 0.1) is 0 Å². The van der Waals surface area contributed by atoms with Crippen molar-refractivity contribution in [2.75, 3.05) is 0 Å². The van der Waals surface area contributed by atoms with Gasteiger partial charge in [0.25, 0.3) is 0 Å². The van der Waals surface area contributed by atoms with Crippen molar-refractivity contribution in [2.45, 2.75) is 3.74 Å². The molecular formula is C8H4Br2Cl2O. The summed E-state index contributed by atoms with van der Waals surface area (Å²) in [7, 11) is 0. The number of Topliss-reactive ketones (excluding diaryl/α,β-unsaturated/α-hetero) is 1. The zero-order valence-electron chi connectivity index (χ0n) is 6.23. The van der Waals surface area contributed by atoms with E-state index in [9.17, 15) is 4.79 Å². The molecule has 1 nitrogen and oxygen atoms in total. The molecule has 0 saturated heterocycles. The first-order valence-corrected chi connectivity index (χ1v) is 5.88. The van der Waals surface area contributed by atoms with E-state index in [1.165, 1.54) is 0 Å². The highest BCUT2D eigenvalue weighted by Crippen LogP contribution is 2.23. The van der Waals surface area contributed by atoms with Gasteiger partial charge in [0.2, 0.25) is 0 Å². The Kier molecular flexibility index (Phi) is 4.23. The Labute approximate surface area is 103 Å². The predicted molar refractivity (Wildman–Crippen MR) is 62.4 cm³/mol. The third kappa shape index (κ3) is 3.24. The molecule has 0 heterocycles. The Hall–Kier alpha value is 0.430. The number of alkyl halides is 2. The predicted octanol–water partition coefficient (Wildman–Crippen LogP) is 4.29. The number of carbonyl (C=O) groups excluding carboxylic acids is 1. The number of halogens is 4. The zero-order chi connectivity index (χ0) is 10.0. The highest BCUT2D eigenvalue weighted by Gasteiger charge is 2.14. The SMILES string of the molecule is O=C(c1cc(Cl)cc(Cl)c1)C(Br)Br. The van der Waals surface area contributed by atoms with Crippen LogP contribution in [0.5, 0.6) is 0 Å². The number of rotatable bonds is 2. The average molecular weight is 347 g/mol. The van der Waals surface area contributed by atoms with Crippen molar-refractivity contribution in [1.29, 1.82) is 0 Å². The molecule has 1 aromatic rings. The van der Waals surface area contributed by atoms with Crippen LogP contribution in [0.4, 0.5) is 0 Å². The summed E-state index contributed by atoms with van der Waals surface area (Å²) in [6.45, 7) is 0. The Morgan fingerprint density at radius 3 is 2.00 bits per heavy atom. The normalized spacial score (nSPS) is 10.5. The van der Waals surface area contributed by atoms with Crippen molar-refractivity contribution in [3.05, 3.63) is 33.8 Å². The first kappa shape index (κ1) is 11.5. The summed E-state index contributed by atoms with van der Waals surface area (Å²) in [5.41, 5.74) is 0.483. The third-order valence-electron chi connectivity index (χ3n) is 1.35. The van der Waals surface area contributed by atoms with E-state index >= 15 is 0 Å². The molecule has 0 amide bonds. The van der Waals surface area contributed by atoms with Gasteiger partial charge >= 0.3 is 0 Å². The molecular weight excluding hydrogens is 343 g/mol. The minimum atomic E-state index is -0.408. The Bertz CT molecular complexity index is 319. The quantitative estimate of drug-likeness (QED) is 0.576. The van der Waals surface area contributed by atoms with Gasteiger partial charge in [-0.15, -0.1) is 0 Å². The Morgan fingerprint density at radius 1 is 1.15 bits per heavy atom. The maximum absolute atomic E-state index is 11.4. The van der Waals surface area contributed by atoms with Gasteiger partial charge in [0.15, 0.2) is 5.78 Å². The second kappa shape index (κ2) is 4.78. The third-order valence-corrected chi connectivity index (χ3v) is 2.61. The molecule has 0 aliphatic rings. The van der Waals surface area contributed by atoms with Gasteiger partial charge in [0.1, 0.15) is 3.74 Å². The molecule has 0 aliphatic carbocycles. The lowest BCUT2D eigenvalue weighted by Crippen LogP contribution is -2.06. The summed E-state index contributed by atoms with van der Waals surface area (Å²) >= 11 is 17.7. The van der Waals surface area contributed by atoms with E-state index in [4.69, 9.17) is 23.2 Å². The molecule has 0 N–H and O–H groups in total. The van der Waals surface area contributed by atoms with Crippen LogP contribution in [0.3, 0.4) is 0 Å². The summed E-state index contributed by atoms with van der Waals surface area (Å²) in [6, 6.07) is 4.73. The van der Waals surface area contributed by atoms with E-state index < -0.39 is 3.74 Å². The standard InChI is InChI=1S/C8H4Br2Cl2O/c9-8(10)7(13)4-1-5(11)3-6(12)2-4/h1-3,8H. The minimum absolute atomic E-state index is 0.107. The van der Waals surface area contributed by atoms with Crippen LogP contribution in [0.1, 0.15) is 10.4 Å². The van der Waals surface area contributed by atoms with Gasteiger partial charge in [0, 0.05) is 15.6 Å². The lowest BCUT2D eigenvalue weighted by molar-refractivity contribution is 0.101. The van der Waals surface area contributed by atoms with E-state index in [-0.39, 0.29) is 5.78 Å². The molecule has 1 aromatic carbocycles. The molecule has 0 bridgehead atoms. The van der Waals surface area contributed by atoms with Crippen LogP contribution >= 0.6 is 55.1 Å². The van der Waals surface area contributed by atoms with Gasteiger partial charge in [-0.25, -0.2) is 0 Å². The highest BCUT2D eigenvalue weighted by atomic mass is 79.9. The summed E-state index contributed by atoms with van der Waals surface area (Å²) < 4.78 is -0.408. The van der Waals surface area contributed by atoms with Gasteiger partial charge in [-0.1, -0.05) is 55.1 Å². The van der Waals surface area contributed by atoms with Crippen LogP contribution in [-0.2, 0) is 0 Å². The van der Waals surface area contributed by atoms with E-state index in [1.54, 1.807) is 18.2 Å². The summed E-state index contributed by atoms with van der Waals surface area (Å²) in [5, 5.41) is 0.910. The topological polar surface area (TPSA) is 17.1 Å². The molecule has 0 aliphatic heterocycles. The first-order valence-electron chi connectivity index (χ1n) is 3.29. The zero-order valence-corrected chi connectivity index (χ0v) is 10.9. The smallest absolute Gasteiger partial charge is 0.187 e. The minimum Gasteiger partial charge on any atom is -0.292 e. The van der Waals surface area contributed by atoms with Gasteiger partial charge in [-0.05, 0) is 18.2 Å². The second-order valence-corrected chi connectivity index (χ2v) is 6.26. The van der Waals surface area contributed by atoms with Gasteiger partial charge in [-0.2, -0.15) is 0 Å². The maximum Gasteiger partial charge on any atom is 0.187 e. The number of hydrogen-bond donors (Lipinski definition) is 0. The average Bonchev–Trinajstić information content (AvgIpc) is 2.01. The van der Waals surface area contributed by atoms with Crippen LogP contribution in [-0.4, -0.2) is 9.52 Å². The van der Waals surface area contributed by atoms with Crippen molar-refractivity contribution in [1.82, 2.24) is 0 Å². The Morgan fingerprint density at radius 2 is 1.62 bits per heavy atom.